The highest BCUT2D eigenvalue weighted by atomic mass is 79.9. The molecule has 0 aliphatic heterocycles. The van der Waals surface area contributed by atoms with Gasteiger partial charge in [-0.05, 0) is 40.2 Å². The fraction of sp³-hybridized carbons (Fsp3) is 0.0588. The van der Waals surface area contributed by atoms with Gasteiger partial charge in [0, 0.05) is 24.3 Å². The van der Waals surface area contributed by atoms with Crippen molar-refractivity contribution in [3.8, 4) is 5.82 Å². The van der Waals surface area contributed by atoms with Gasteiger partial charge in [-0.15, -0.1) is 0 Å². The Morgan fingerprint density at radius 2 is 1.86 bits per heavy atom. The Kier molecular flexibility index (Phi) is 6.24. The Morgan fingerprint density at radius 3 is 2.54 bits per heavy atom. The fourth-order valence-corrected chi connectivity index (χ4v) is 3.52. The van der Waals surface area contributed by atoms with Crippen molar-refractivity contribution in [2.45, 2.75) is 0 Å². The Morgan fingerprint density at radius 1 is 1.11 bits per heavy atom. The monoisotopic (exact) mass is 501 g/mol. The normalized spacial score (nSPS) is 10.6. The number of rotatable bonds is 4. The number of nitrogens with zero attached hydrogens (tertiary/aromatic N) is 3. The third kappa shape index (κ3) is 4.15. The fourth-order valence-electron chi connectivity index (χ4n) is 2.40. The van der Waals surface area contributed by atoms with Crippen molar-refractivity contribution >= 4 is 68.2 Å². The third-order valence-corrected chi connectivity index (χ3v) is 4.82. The van der Waals surface area contributed by atoms with Crippen molar-refractivity contribution in [3.05, 3.63) is 67.5 Å². The minimum atomic E-state index is -0.575. The first-order chi connectivity index (χ1) is 13.3. The van der Waals surface area contributed by atoms with Crippen LogP contribution in [0, 0.1) is 0 Å². The number of pyridine rings is 1. The van der Waals surface area contributed by atoms with Crippen molar-refractivity contribution in [3.63, 3.8) is 0 Å². The summed E-state index contributed by atoms with van der Waals surface area (Å²) >= 11 is 21.6. The number of hydrogen-bond donors (Lipinski definition) is 2. The van der Waals surface area contributed by atoms with Crippen LogP contribution in [0.1, 0.15) is 20.8 Å². The summed E-state index contributed by atoms with van der Waals surface area (Å²) < 4.78 is 1.68. The summed E-state index contributed by atoms with van der Waals surface area (Å²) in [6.07, 6.45) is 1.53. The molecule has 0 saturated carbocycles. The Hall–Kier alpha value is -2.13. The highest BCUT2D eigenvalue weighted by Crippen LogP contribution is 2.31. The molecule has 0 atom stereocenters. The van der Waals surface area contributed by atoms with E-state index in [1.54, 1.807) is 12.1 Å². The van der Waals surface area contributed by atoms with Gasteiger partial charge in [-0.25, -0.2) is 9.67 Å². The van der Waals surface area contributed by atoms with Gasteiger partial charge in [-0.2, -0.15) is 5.10 Å². The number of carbonyl (C=O) groups excluding carboxylic acids is 2. The molecule has 144 valence electrons. The third-order valence-electron chi connectivity index (χ3n) is 3.62. The van der Waals surface area contributed by atoms with Gasteiger partial charge in [0.2, 0.25) is 0 Å². The van der Waals surface area contributed by atoms with Crippen LogP contribution in [-0.2, 0) is 0 Å². The first kappa shape index (κ1) is 20.6. The smallest absolute Gasteiger partial charge is 0.274 e. The van der Waals surface area contributed by atoms with E-state index in [1.165, 1.54) is 36.1 Å². The lowest BCUT2D eigenvalue weighted by atomic mass is 10.1. The second-order valence-electron chi connectivity index (χ2n) is 5.42. The largest absolute Gasteiger partial charge is 0.355 e. The topological polar surface area (TPSA) is 88.9 Å². The molecule has 0 aliphatic rings. The number of hydrogen-bond acceptors (Lipinski definition) is 4. The summed E-state index contributed by atoms with van der Waals surface area (Å²) in [6.45, 7) is 0. The van der Waals surface area contributed by atoms with E-state index < -0.39 is 11.8 Å². The van der Waals surface area contributed by atoms with Gasteiger partial charge >= 0.3 is 0 Å². The lowest BCUT2D eigenvalue weighted by Gasteiger charge is -2.13. The molecule has 3 rings (SSSR count). The van der Waals surface area contributed by atoms with E-state index in [1.807, 2.05) is 0 Å². The number of nitrogens with one attached hydrogen (secondary N) is 2. The molecule has 3 aromatic rings. The zero-order valence-corrected chi connectivity index (χ0v) is 18.0. The molecule has 0 spiro atoms. The highest BCUT2D eigenvalue weighted by molar-refractivity contribution is 9.10. The molecule has 0 radical (unpaired) electrons. The van der Waals surface area contributed by atoms with Gasteiger partial charge in [0.15, 0.2) is 5.82 Å². The molecule has 11 heteroatoms. The quantitative estimate of drug-likeness (QED) is 0.545. The average molecular weight is 504 g/mol. The first-order valence-electron chi connectivity index (χ1n) is 7.70. The van der Waals surface area contributed by atoms with Crippen LogP contribution in [0.25, 0.3) is 5.82 Å². The van der Waals surface area contributed by atoms with Crippen LogP contribution in [0.2, 0.25) is 15.1 Å². The van der Waals surface area contributed by atoms with Crippen LogP contribution in [-0.4, -0.2) is 33.6 Å². The first-order valence-corrected chi connectivity index (χ1v) is 9.63. The van der Waals surface area contributed by atoms with E-state index in [-0.39, 0.29) is 32.8 Å². The summed E-state index contributed by atoms with van der Waals surface area (Å²) in [5.74, 6) is -0.759. The number of halogens is 4. The van der Waals surface area contributed by atoms with E-state index in [0.717, 1.165) is 0 Å². The zero-order chi connectivity index (χ0) is 20.4. The maximum atomic E-state index is 12.9. The Balaban J connectivity index is 2.05. The van der Waals surface area contributed by atoms with Crippen LogP contribution in [0.15, 0.2) is 41.1 Å². The van der Waals surface area contributed by atoms with Crippen molar-refractivity contribution in [1.82, 2.24) is 20.1 Å². The number of aromatic nitrogens is 3. The van der Waals surface area contributed by atoms with Crippen LogP contribution in [0.5, 0.6) is 0 Å². The van der Waals surface area contributed by atoms with E-state index >= 15 is 0 Å². The van der Waals surface area contributed by atoms with Gasteiger partial charge in [0.25, 0.3) is 11.8 Å². The second kappa shape index (κ2) is 8.48. The van der Waals surface area contributed by atoms with Gasteiger partial charge in [-0.3, -0.25) is 9.59 Å². The number of carbonyl (C=O) groups is 2. The van der Waals surface area contributed by atoms with Crippen molar-refractivity contribution < 1.29 is 9.59 Å². The minimum absolute atomic E-state index is 0.112. The molecular weight excluding hydrogens is 492 g/mol. The van der Waals surface area contributed by atoms with Gasteiger partial charge in [-0.1, -0.05) is 34.8 Å². The molecule has 28 heavy (non-hydrogen) atoms. The van der Waals surface area contributed by atoms with Gasteiger partial charge in [0.05, 0.1) is 21.3 Å². The number of benzene rings is 1. The van der Waals surface area contributed by atoms with Gasteiger partial charge in [0.1, 0.15) is 10.3 Å². The lowest BCUT2D eigenvalue weighted by Crippen LogP contribution is -2.23. The Labute approximate surface area is 183 Å². The molecule has 1 aromatic carbocycles. The molecule has 2 aromatic heterocycles. The summed E-state index contributed by atoms with van der Waals surface area (Å²) in [4.78, 5) is 29.3. The van der Waals surface area contributed by atoms with E-state index in [2.05, 4.69) is 36.6 Å². The van der Waals surface area contributed by atoms with E-state index in [0.29, 0.717) is 9.63 Å². The van der Waals surface area contributed by atoms with Crippen LogP contribution >= 0.6 is 50.7 Å². The van der Waals surface area contributed by atoms with E-state index in [9.17, 15) is 9.59 Å². The number of amides is 2. The van der Waals surface area contributed by atoms with Crippen LogP contribution in [0.3, 0.4) is 0 Å². The lowest BCUT2D eigenvalue weighted by molar-refractivity contribution is 0.0964. The molecule has 2 heterocycles. The van der Waals surface area contributed by atoms with Crippen molar-refractivity contribution in [2.24, 2.45) is 0 Å². The minimum Gasteiger partial charge on any atom is -0.355 e. The standard InChI is InChI=1S/C17H11BrCl3N5O2/c1-22-16(27)9-5-8(19)6-11(21)14(9)24-17(28)12-7-13(18)25-26(12)15-10(20)3-2-4-23-15/h2-7H,1H3,(H,22,27)(H,24,28). The predicted octanol–water partition coefficient (Wildman–Crippen LogP) is 4.60. The number of anilines is 1. The predicted molar refractivity (Wildman–Crippen MR) is 112 cm³/mol. The summed E-state index contributed by atoms with van der Waals surface area (Å²) in [5, 5.41) is 10.0. The maximum Gasteiger partial charge on any atom is 0.274 e. The Bertz CT molecular complexity index is 1090. The summed E-state index contributed by atoms with van der Waals surface area (Å²) in [5.41, 5.74) is 0.363. The maximum absolute atomic E-state index is 12.9. The molecule has 0 fully saturated rings. The SMILES string of the molecule is CNC(=O)c1cc(Cl)cc(Cl)c1NC(=O)c1cc(Br)nn1-c1ncccc1Cl. The molecule has 2 N–H and O–H groups in total. The molecular formula is C17H11BrCl3N5O2. The zero-order valence-electron chi connectivity index (χ0n) is 14.1. The van der Waals surface area contributed by atoms with Crippen molar-refractivity contribution in [2.75, 3.05) is 12.4 Å². The van der Waals surface area contributed by atoms with E-state index in [4.69, 9.17) is 34.8 Å². The molecule has 7 nitrogen and oxygen atoms in total. The molecule has 0 saturated heterocycles. The average Bonchev–Trinajstić information content (AvgIpc) is 3.05. The van der Waals surface area contributed by atoms with Crippen LogP contribution in [0.4, 0.5) is 5.69 Å². The van der Waals surface area contributed by atoms with Gasteiger partial charge < -0.3 is 10.6 Å². The summed E-state index contributed by atoms with van der Waals surface area (Å²) in [6, 6.07) is 7.61. The van der Waals surface area contributed by atoms with Crippen LogP contribution < -0.4 is 10.6 Å². The van der Waals surface area contributed by atoms with Crippen molar-refractivity contribution in [1.29, 1.82) is 0 Å². The summed E-state index contributed by atoms with van der Waals surface area (Å²) in [7, 11) is 1.46. The molecule has 0 aliphatic carbocycles. The molecule has 0 unspecified atom stereocenters. The second-order valence-corrected chi connectivity index (χ2v) is 7.48. The molecule has 0 bridgehead atoms. The highest BCUT2D eigenvalue weighted by Gasteiger charge is 2.22. The molecule has 2 amide bonds.